The van der Waals surface area contributed by atoms with Crippen molar-refractivity contribution < 1.29 is 9.13 Å². The molecule has 0 saturated heterocycles. The van der Waals surface area contributed by atoms with Crippen LogP contribution < -0.4 is 15.4 Å². The van der Waals surface area contributed by atoms with E-state index in [-0.39, 0.29) is 5.82 Å². The quantitative estimate of drug-likeness (QED) is 0.683. The molecule has 0 fully saturated rings. The van der Waals surface area contributed by atoms with Crippen molar-refractivity contribution in [2.75, 3.05) is 17.7 Å². The Kier molecular flexibility index (Phi) is 5.20. The minimum Gasteiger partial charge on any atom is -0.497 e. The van der Waals surface area contributed by atoms with Crippen molar-refractivity contribution in [2.24, 2.45) is 0 Å². The molecule has 1 heterocycles. The van der Waals surface area contributed by atoms with E-state index < -0.39 is 0 Å². The fourth-order valence-electron chi connectivity index (χ4n) is 2.22. The summed E-state index contributed by atoms with van der Waals surface area (Å²) in [7, 11) is 1.60. The monoisotopic (exact) mass is 357 g/mol. The van der Waals surface area contributed by atoms with Gasteiger partial charge >= 0.3 is 0 Å². The summed E-state index contributed by atoms with van der Waals surface area (Å²) in [6, 6.07) is 13.7. The summed E-state index contributed by atoms with van der Waals surface area (Å²) in [4.78, 5) is 4.14. The minimum absolute atomic E-state index is 0.278. The van der Waals surface area contributed by atoms with Crippen LogP contribution in [0.2, 0.25) is 0 Å². The molecular formula is C17H16FN5OS. The second kappa shape index (κ2) is 7.71. The summed E-state index contributed by atoms with van der Waals surface area (Å²) in [6.45, 7) is 0.419. The molecule has 0 amide bonds. The first kappa shape index (κ1) is 16.8. The van der Waals surface area contributed by atoms with E-state index in [1.165, 1.54) is 12.1 Å². The number of ether oxygens (including phenoxy) is 1. The predicted octanol–water partition coefficient (Wildman–Crippen LogP) is 3.28. The molecule has 0 spiro atoms. The third-order valence-corrected chi connectivity index (χ3v) is 3.53. The van der Waals surface area contributed by atoms with Crippen molar-refractivity contribution in [2.45, 2.75) is 6.54 Å². The molecule has 0 aliphatic rings. The zero-order valence-corrected chi connectivity index (χ0v) is 14.3. The Balaban J connectivity index is 1.59. The number of thiocarbonyl (C=S) groups is 1. The molecular weight excluding hydrogens is 341 g/mol. The lowest BCUT2D eigenvalue weighted by molar-refractivity contribution is 0.415. The van der Waals surface area contributed by atoms with Gasteiger partial charge in [-0.25, -0.2) is 14.1 Å². The van der Waals surface area contributed by atoms with Crippen LogP contribution in [0.25, 0.3) is 0 Å². The van der Waals surface area contributed by atoms with Gasteiger partial charge in [-0.2, -0.15) is 0 Å². The van der Waals surface area contributed by atoms with Crippen LogP contribution in [-0.2, 0) is 6.54 Å². The highest BCUT2D eigenvalue weighted by Crippen LogP contribution is 2.16. The van der Waals surface area contributed by atoms with Crippen LogP contribution in [0, 0.1) is 5.82 Å². The van der Waals surface area contributed by atoms with Crippen molar-refractivity contribution in [1.29, 1.82) is 0 Å². The maximum Gasteiger partial charge on any atom is 0.248 e. The van der Waals surface area contributed by atoms with E-state index in [1.54, 1.807) is 24.2 Å². The van der Waals surface area contributed by atoms with Gasteiger partial charge in [0, 0.05) is 11.8 Å². The third kappa shape index (κ3) is 4.74. The zero-order valence-electron chi connectivity index (χ0n) is 13.4. The number of nitrogens with one attached hydrogen (secondary N) is 2. The Bertz CT molecular complexity index is 883. The molecule has 0 saturated carbocycles. The first-order valence-corrected chi connectivity index (χ1v) is 7.89. The number of methoxy groups -OCH3 is 1. The Morgan fingerprint density at radius 1 is 1.20 bits per heavy atom. The number of rotatable bonds is 5. The summed E-state index contributed by atoms with van der Waals surface area (Å²) in [5.41, 5.74) is 1.59. The molecule has 6 nitrogen and oxygen atoms in total. The maximum atomic E-state index is 13.2. The van der Waals surface area contributed by atoms with Gasteiger partial charge in [-0.1, -0.05) is 18.2 Å². The highest BCUT2D eigenvalue weighted by molar-refractivity contribution is 7.80. The van der Waals surface area contributed by atoms with E-state index in [2.05, 4.69) is 20.7 Å². The third-order valence-electron chi connectivity index (χ3n) is 3.32. The molecule has 0 unspecified atom stereocenters. The molecule has 0 radical (unpaired) electrons. The molecule has 0 aliphatic heterocycles. The van der Waals surface area contributed by atoms with Crippen LogP contribution in [0.4, 0.5) is 16.0 Å². The van der Waals surface area contributed by atoms with Gasteiger partial charge < -0.3 is 10.1 Å². The smallest absolute Gasteiger partial charge is 0.248 e. The van der Waals surface area contributed by atoms with Crippen LogP contribution in [0.15, 0.2) is 54.9 Å². The second-order valence-electron chi connectivity index (χ2n) is 5.21. The van der Waals surface area contributed by atoms with Crippen molar-refractivity contribution in [1.82, 2.24) is 14.8 Å². The van der Waals surface area contributed by atoms with Gasteiger partial charge in [-0.3, -0.25) is 5.32 Å². The first-order valence-electron chi connectivity index (χ1n) is 7.48. The van der Waals surface area contributed by atoms with Crippen molar-refractivity contribution in [3.05, 3.63) is 66.2 Å². The number of hydrogen-bond acceptors (Lipinski definition) is 4. The molecule has 128 valence electrons. The van der Waals surface area contributed by atoms with Crippen molar-refractivity contribution in [3.8, 4) is 5.75 Å². The van der Waals surface area contributed by atoms with E-state index >= 15 is 0 Å². The highest BCUT2D eigenvalue weighted by atomic mass is 32.1. The second-order valence-corrected chi connectivity index (χ2v) is 5.62. The molecule has 2 N–H and O–H groups in total. The molecule has 0 aliphatic carbocycles. The fraction of sp³-hybridized carbons (Fsp3) is 0.118. The van der Waals surface area contributed by atoms with Crippen molar-refractivity contribution in [3.63, 3.8) is 0 Å². The number of nitrogens with zero attached hydrogens (tertiary/aromatic N) is 3. The summed E-state index contributed by atoms with van der Waals surface area (Å²) >= 11 is 5.25. The van der Waals surface area contributed by atoms with Gasteiger partial charge in [0.2, 0.25) is 5.95 Å². The van der Waals surface area contributed by atoms with Gasteiger partial charge in [0.25, 0.3) is 0 Å². The maximum absolute atomic E-state index is 13.2. The number of halogens is 1. The largest absolute Gasteiger partial charge is 0.497 e. The average molecular weight is 357 g/mol. The van der Waals surface area contributed by atoms with E-state index in [0.717, 1.165) is 17.0 Å². The van der Waals surface area contributed by atoms with Gasteiger partial charge in [0.1, 0.15) is 17.9 Å². The van der Waals surface area contributed by atoms with Gasteiger partial charge in [-0.15, -0.1) is 5.10 Å². The first-order chi connectivity index (χ1) is 12.1. The highest BCUT2D eigenvalue weighted by Gasteiger charge is 2.05. The Hall–Kier alpha value is -3.00. The standard InChI is InChI=1S/C17H16FN5OS/c1-24-15-7-3-6-14(9-15)20-17(25)21-16-19-11-23(22-16)10-12-4-2-5-13(18)8-12/h2-9,11H,10H2,1H3,(H2,20,21,22,25). The molecule has 0 atom stereocenters. The number of anilines is 2. The Morgan fingerprint density at radius 3 is 2.84 bits per heavy atom. The number of hydrogen-bond donors (Lipinski definition) is 2. The summed E-state index contributed by atoms with van der Waals surface area (Å²) in [5.74, 6) is 0.807. The summed E-state index contributed by atoms with van der Waals surface area (Å²) in [5, 5.41) is 10.6. The van der Waals surface area contributed by atoms with Crippen LogP contribution in [-0.4, -0.2) is 27.0 Å². The van der Waals surface area contributed by atoms with E-state index in [1.807, 2.05) is 30.3 Å². The molecule has 2 aromatic carbocycles. The molecule has 3 aromatic rings. The summed E-state index contributed by atoms with van der Waals surface area (Å²) < 4.78 is 20.0. The van der Waals surface area contributed by atoms with Gasteiger partial charge in [-0.05, 0) is 42.0 Å². The van der Waals surface area contributed by atoms with Crippen LogP contribution in [0.5, 0.6) is 5.75 Å². The van der Waals surface area contributed by atoms with E-state index in [0.29, 0.717) is 17.6 Å². The average Bonchev–Trinajstić information content (AvgIpc) is 3.01. The number of aromatic nitrogens is 3. The summed E-state index contributed by atoms with van der Waals surface area (Å²) in [6.07, 6.45) is 1.56. The minimum atomic E-state index is -0.278. The van der Waals surface area contributed by atoms with Crippen LogP contribution in [0.3, 0.4) is 0 Å². The topological polar surface area (TPSA) is 64.0 Å². The van der Waals surface area contributed by atoms with Crippen molar-refractivity contribution >= 4 is 29.0 Å². The Labute approximate surface area is 149 Å². The molecule has 8 heteroatoms. The lowest BCUT2D eigenvalue weighted by Gasteiger charge is -2.09. The van der Waals surface area contributed by atoms with E-state index in [4.69, 9.17) is 17.0 Å². The molecule has 1 aromatic heterocycles. The normalized spacial score (nSPS) is 10.3. The predicted molar refractivity (Wildman–Crippen MR) is 98.4 cm³/mol. The zero-order chi connectivity index (χ0) is 17.6. The SMILES string of the molecule is COc1cccc(NC(=S)Nc2ncn(Cc3cccc(F)c3)n2)c1. The van der Waals surface area contributed by atoms with Crippen LogP contribution in [0.1, 0.15) is 5.56 Å². The molecule has 0 bridgehead atoms. The Morgan fingerprint density at radius 2 is 2.04 bits per heavy atom. The lowest BCUT2D eigenvalue weighted by atomic mass is 10.2. The number of benzene rings is 2. The molecule has 25 heavy (non-hydrogen) atoms. The van der Waals surface area contributed by atoms with Gasteiger partial charge in [0.15, 0.2) is 5.11 Å². The van der Waals surface area contributed by atoms with Gasteiger partial charge in [0.05, 0.1) is 13.7 Å². The van der Waals surface area contributed by atoms with Crippen LogP contribution >= 0.6 is 12.2 Å². The lowest BCUT2D eigenvalue weighted by Crippen LogP contribution is -2.20. The van der Waals surface area contributed by atoms with E-state index in [9.17, 15) is 4.39 Å². The fourth-order valence-corrected chi connectivity index (χ4v) is 2.42. The molecule has 3 rings (SSSR count).